The molecule has 1 radical (unpaired) electrons. The van der Waals surface area contributed by atoms with Crippen LogP contribution in [-0.2, 0) is 17.1 Å². The third-order valence-corrected chi connectivity index (χ3v) is 1.70. The fourth-order valence-corrected chi connectivity index (χ4v) is 1.12. The first-order valence-electron chi connectivity index (χ1n) is 3.51. The Morgan fingerprint density at radius 3 is 2.69 bits per heavy atom. The van der Waals surface area contributed by atoms with E-state index in [-0.39, 0.29) is 28.6 Å². The average Bonchev–Trinajstić information content (AvgIpc) is 2.12. The van der Waals surface area contributed by atoms with Crippen LogP contribution in [0.2, 0.25) is 0 Å². The van der Waals surface area contributed by atoms with Gasteiger partial charge in [0.25, 0.3) is 0 Å². The maximum absolute atomic E-state index is 13.0. The van der Waals surface area contributed by atoms with Crippen molar-refractivity contribution in [2.24, 2.45) is 0 Å². The average molecular weight is 227 g/mol. The van der Waals surface area contributed by atoms with Gasteiger partial charge in [-0.05, 0) is 24.3 Å². The van der Waals surface area contributed by atoms with E-state index in [1.54, 1.807) is 12.1 Å². The second-order valence-electron chi connectivity index (χ2n) is 2.47. The van der Waals surface area contributed by atoms with Crippen LogP contribution in [0.15, 0.2) is 30.5 Å². The standard InChI is InChI=1S/C9H6FNO.Cu/c10-7-3-4-8(12)9-6(7)2-1-5-11-9;/h1-5,12H;/q;+2. The number of hydrogen-bond donors (Lipinski definition) is 1. The smallest absolute Gasteiger partial charge is 0.506 e. The summed E-state index contributed by atoms with van der Waals surface area (Å²) >= 11 is 0. The molecule has 0 bridgehead atoms. The molecule has 2 rings (SSSR count). The van der Waals surface area contributed by atoms with Crippen LogP contribution in [0.4, 0.5) is 4.39 Å². The number of pyridine rings is 1. The number of phenols is 1. The molecule has 1 aromatic heterocycles. The van der Waals surface area contributed by atoms with Crippen LogP contribution in [0.25, 0.3) is 10.9 Å². The second kappa shape index (κ2) is 3.73. The van der Waals surface area contributed by atoms with Crippen LogP contribution < -0.4 is 0 Å². The summed E-state index contributed by atoms with van der Waals surface area (Å²) in [5.41, 5.74) is 0.303. The second-order valence-corrected chi connectivity index (χ2v) is 2.47. The maximum Gasteiger partial charge on any atom is 2.00 e. The molecule has 4 heteroatoms. The Kier molecular flexibility index (Phi) is 2.86. The molecule has 2 nitrogen and oxygen atoms in total. The van der Waals surface area contributed by atoms with Gasteiger partial charge in [0.1, 0.15) is 17.1 Å². The Hall–Kier alpha value is -1.12. The maximum atomic E-state index is 13.0. The first-order valence-corrected chi connectivity index (χ1v) is 3.51. The van der Waals surface area contributed by atoms with Crippen molar-refractivity contribution in [3.05, 3.63) is 36.3 Å². The fraction of sp³-hybridized carbons (Fsp3) is 0. The number of hydrogen-bond acceptors (Lipinski definition) is 2. The molecular formula is C9H6CuFNO+2. The van der Waals surface area contributed by atoms with Crippen LogP contribution in [0.1, 0.15) is 0 Å². The normalized spacial score (nSPS) is 9.62. The molecule has 0 fully saturated rings. The van der Waals surface area contributed by atoms with Gasteiger partial charge in [-0.1, -0.05) is 0 Å². The van der Waals surface area contributed by atoms with Gasteiger partial charge in [-0.15, -0.1) is 0 Å². The van der Waals surface area contributed by atoms with E-state index in [1.165, 1.54) is 18.3 Å². The van der Waals surface area contributed by atoms with Crippen LogP contribution in [0.5, 0.6) is 5.75 Å². The van der Waals surface area contributed by atoms with Gasteiger partial charge in [0.05, 0.1) is 0 Å². The van der Waals surface area contributed by atoms with E-state index >= 15 is 0 Å². The number of fused-ring (bicyclic) bond motifs is 1. The molecule has 1 N–H and O–H groups in total. The first kappa shape index (κ1) is 9.96. The van der Waals surface area contributed by atoms with E-state index in [1.807, 2.05) is 0 Å². The zero-order valence-electron chi connectivity index (χ0n) is 6.46. The van der Waals surface area contributed by atoms with E-state index in [0.29, 0.717) is 10.9 Å². The molecule has 0 amide bonds. The van der Waals surface area contributed by atoms with E-state index in [9.17, 15) is 9.50 Å². The SMILES string of the molecule is Oc1ccc(F)c2cccnc12.[Cu+2]. The third kappa shape index (κ3) is 1.64. The molecule has 69 valence electrons. The molecule has 0 unspecified atom stereocenters. The molecule has 0 saturated carbocycles. The molecule has 0 saturated heterocycles. The summed E-state index contributed by atoms with van der Waals surface area (Å²) in [6.45, 7) is 0. The number of halogens is 1. The Labute approximate surface area is 84.9 Å². The molecule has 13 heavy (non-hydrogen) atoms. The molecule has 0 aliphatic heterocycles. The van der Waals surface area contributed by atoms with Crippen molar-refractivity contribution in [3.8, 4) is 5.75 Å². The largest absolute Gasteiger partial charge is 2.00 e. The Bertz CT molecular complexity index is 392. The quantitative estimate of drug-likeness (QED) is 0.698. The van der Waals surface area contributed by atoms with Gasteiger partial charge in [-0.25, -0.2) is 4.39 Å². The van der Waals surface area contributed by atoms with Crippen LogP contribution in [0, 0.1) is 5.82 Å². The minimum Gasteiger partial charge on any atom is -0.506 e. The van der Waals surface area contributed by atoms with Gasteiger partial charge in [0.15, 0.2) is 0 Å². The summed E-state index contributed by atoms with van der Waals surface area (Å²) in [4.78, 5) is 3.85. The van der Waals surface area contributed by atoms with Gasteiger partial charge in [-0.3, -0.25) is 4.98 Å². The van der Waals surface area contributed by atoms with Crippen molar-refractivity contribution < 1.29 is 26.6 Å². The fourth-order valence-electron chi connectivity index (χ4n) is 1.12. The zero-order chi connectivity index (χ0) is 8.55. The van der Waals surface area contributed by atoms with Gasteiger partial charge in [-0.2, -0.15) is 0 Å². The number of rotatable bonds is 0. The van der Waals surface area contributed by atoms with Crippen LogP contribution in [0.3, 0.4) is 0 Å². The number of aromatic nitrogens is 1. The minimum atomic E-state index is -0.365. The third-order valence-electron chi connectivity index (χ3n) is 1.70. The van der Waals surface area contributed by atoms with E-state index < -0.39 is 0 Å². The summed E-state index contributed by atoms with van der Waals surface area (Å²) in [5, 5.41) is 9.61. The van der Waals surface area contributed by atoms with Gasteiger partial charge >= 0.3 is 17.1 Å². The van der Waals surface area contributed by atoms with Crippen molar-refractivity contribution in [3.63, 3.8) is 0 Å². The van der Waals surface area contributed by atoms with Crippen molar-refractivity contribution in [2.75, 3.05) is 0 Å². The summed E-state index contributed by atoms with van der Waals surface area (Å²) in [6, 6.07) is 5.73. The Morgan fingerprint density at radius 1 is 1.23 bits per heavy atom. The number of nitrogens with zero attached hydrogens (tertiary/aromatic N) is 1. The monoisotopic (exact) mass is 226 g/mol. The minimum absolute atomic E-state index is 0. The van der Waals surface area contributed by atoms with Crippen molar-refractivity contribution in [2.45, 2.75) is 0 Å². The molecule has 0 aliphatic carbocycles. The van der Waals surface area contributed by atoms with Crippen molar-refractivity contribution in [1.29, 1.82) is 0 Å². The molecule has 1 aromatic carbocycles. The van der Waals surface area contributed by atoms with Crippen molar-refractivity contribution in [1.82, 2.24) is 4.98 Å². The van der Waals surface area contributed by atoms with Gasteiger partial charge < -0.3 is 5.11 Å². The predicted octanol–water partition coefficient (Wildman–Crippen LogP) is 2.08. The van der Waals surface area contributed by atoms with Gasteiger partial charge in [0.2, 0.25) is 0 Å². The number of benzene rings is 1. The predicted molar refractivity (Wildman–Crippen MR) is 43.4 cm³/mol. The van der Waals surface area contributed by atoms with Crippen LogP contribution in [-0.4, -0.2) is 10.1 Å². The number of aromatic hydroxyl groups is 1. The summed E-state index contributed by atoms with van der Waals surface area (Å²) in [6.07, 6.45) is 1.52. The Morgan fingerprint density at radius 2 is 2.00 bits per heavy atom. The topological polar surface area (TPSA) is 33.1 Å². The molecule has 0 aliphatic rings. The van der Waals surface area contributed by atoms with Crippen LogP contribution >= 0.6 is 0 Å². The summed E-state index contributed by atoms with van der Waals surface area (Å²) in [5.74, 6) is -0.358. The van der Waals surface area contributed by atoms with E-state index in [2.05, 4.69) is 4.98 Å². The summed E-state index contributed by atoms with van der Waals surface area (Å²) < 4.78 is 13.0. The summed E-state index contributed by atoms with van der Waals surface area (Å²) in [7, 11) is 0. The first-order chi connectivity index (χ1) is 5.79. The van der Waals surface area contributed by atoms with Gasteiger partial charge in [0, 0.05) is 11.6 Å². The molecular weight excluding hydrogens is 221 g/mol. The zero-order valence-corrected chi connectivity index (χ0v) is 7.40. The molecule has 1 heterocycles. The van der Waals surface area contributed by atoms with Crippen molar-refractivity contribution >= 4 is 10.9 Å². The van der Waals surface area contributed by atoms with E-state index in [0.717, 1.165) is 0 Å². The Balaban J connectivity index is 0.000000845. The number of phenolic OH excluding ortho intramolecular Hbond substituents is 1. The molecule has 0 spiro atoms. The van der Waals surface area contributed by atoms with E-state index in [4.69, 9.17) is 0 Å². The molecule has 0 atom stereocenters. The molecule has 2 aromatic rings.